The van der Waals surface area contributed by atoms with Crippen LogP contribution in [0, 0.1) is 5.82 Å². The topological polar surface area (TPSA) is 28.2 Å². The lowest BCUT2D eigenvalue weighted by molar-refractivity contribution is 0.627. The standard InChI is InChI=1S/C16H17ClFN3/c17-13-10-12(5-6-14(13)18)11-20-15-4-3-7-19-16(15)21-8-1-2-9-21/h3-7,10,20H,1-2,8-9,11H2. The quantitative estimate of drug-likeness (QED) is 0.922. The molecule has 0 bridgehead atoms. The number of rotatable bonds is 4. The Hall–Kier alpha value is -1.81. The van der Waals surface area contributed by atoms with Crippen LogP contribution in [-0.2, 0) is 6.54 Å². The molecule has 110 valence electrons. The van der Waals surface area contributed by atoms with Gasteiger partial charge in [0.2, 0.25) is 0 Å². The van der Waals surface area contributed by atoms with Crippen molar-refractivity contribution in [2.45, 2.75) is 19.4 Å². The highest BCUT2D eigenvalue weighted by molar-refractivity contribution is 6.30. The van der Waals surface area contributed by atoms with E-state index < -0.39 is 0 Å². The molecule has 1 N–H and O–H groups in total. The van der Waals surface area contributed by atoms with E-state index in [2.05, 4.69) is 15.2 Å². The van der Waals surface area contributed by atoms with E-state index in [0.29, 0.717) is 6.54 Å². The van der Waals surface area contributed by atoms with Crippen LogP contribution in [0.3, 0.4) is 0 Å². The summed E-state index contributed by atoms with van der Waals surface area (Å²) in [5, 5.41) is 3.52. The van der Waals surface area contributed by atoms with Crippen LogP contribution in [0.2, 0.25) is 5.02 Å². The van der Waals surface area contributed by atoms with Crippen LogP contribution in [0.15, 0.2) is 36.5 Å². The molecule has 0 radical (unpaired) electrons. The second kappa shape index (κ2) is 6.31. The smallest absolute Gasteiger partial charge is 0.151 e. The summed E-state index contributed by atoms with van der Waals surface area (Å²) in [4.78, 5) is 6.77. The molecule has 0 spiro atoms. The van der Waals surface area contributed by atoms with Gasteiger partial charge in [0.25, 0.3) is 0 Å². The lowest BCUT2D eigenvalue weighted by Crippen LogP contribution is -2.20. The van der Waals surface area contributed by atoms with Gasteiger partial charge in [-0.1, -0.05) is 17.7 Å². The van der Waals surface area contributed by atoms with Crippen molar-refractivity contribution in [3.8, 4) is 0 Å². The molecule has 2 aromatic rings. The SMILES string of the molecule is Fc1ccc(CNc2cccnc2N2CCCC2)cc1Cl. The minimum atomic E-state index is -0.389. The number of benzene rings is 1. The summed E-state index contributed by atoms with van der Waals surface area (Å²) in [6.45, 7) is 2.69. The minimum Gasteiger partial charge on any atom is -0.378 e. The van der Waals surface area contributed by atoms with Crippen LogP contribution < -0.4 is 10.2 Å². The van der Waals surface area contributed by atoms with Gasteiger partial charge in [-0.15, -0.1) is 0 Å². The molecule has 0 aliphatic carbocycles. The first-order valence-corrected chi connectivity index (χ1v) is 7.49. The van der Waals surface area contributed by atoms with Crippen molar-refractivity contribution in [2.75, 3.05) is 23.3 Å². The monoisotopic (exact) mass is 305 g/mol. The van der Waals surface area contributed by atoms with Crippen LogP contribution in [-0.4, -0.2) is 18.1 Å². The molecule has 0 amide bonds. The Morgan fingerprint density at radius 1 is 1.24 bits per heavy atom. The van der Waals surface area contributed by atoms with Crippen molar-refractivity contribution in [3.05, 3.63) is 52.9 Å². The maximum atomic E-state index is 13.2. The molecular weight excluding hydrogens is 289 g/mol. The Kier molecular flexibility index (Phi) is 4.25. The highest BCUT2D eigenvalue weighted by Gasteiger charge is 2.16. The normalized spacial score (nSPS) is 14.5. The molecule has 1 aromatic heterocycles. The van der Waals surface area contributed by atoms with Crippen LogP contribution in [0.4, 0.5) is 15.9 Å². The fourth-order valence-electron chi connectivity index (χ4n) is 2.56. The van der Waals surface area contributed by atoms with Crippen LogP contribution >= 0.6 is 11.6 Å². The summed E-state index contributed by atoms with van der Waals surface area (Å²) in [5.74, 6) is 0.600. The molecular formula is C16H17ClFN3. The summed E-state index contributed by atoms with van der Waals surface area (Å²) in [6.07, 6.45) is 4.24. The lowest BCUT2D eigenvalue weighted by atomic mass is 10.2. The molecule has 0 saturated carbocycles. The Labute approximate surface area is 128 Å². The number of nitrogens with one attached hydrogen (secondary N) is 1. The molecule has 21 heavy (non-hydrogen) atoms. The van der Waals surface area contributed by atoms with Gasteiger partial charge in [-0.05, 0) is 42.7 Å². The Bertz CT molecular complexity index is 627. The summed E-state index contributed by atoms with van der Waals surface area (Å²) >= 11 is 5.81. The second-order valence-corrected chi connectivity index (χ2v) is 5.58. The highest BCUT2D eigenvalue weighted by Crippen LogP contribution is 2.26. The van der Waals surface area contributed by atoms with Crippen molar-refractivity contribution in [2.24, 2.45) is 0 Å². The fourth-order valence-corrected chi connectivity index (χ4v) is 2.77. The summed E-state index contributed by atoms with van der Waals surface area (Å²) in [5.41, 5.74) is 1.94. The molecule has 5 heteroatoms. The van der Waals surface area contributed by atoms with Crippen LogP contribution in [0.1, 0.15) is 18.4 Å². The number of pyridine rings is 1. The number of hydrogen-bond donors (Lipinski definition) is 1. The largest absolute Gasteiger partial charge is 0.378 e. The van der Waals surface area contributed by atoms with Gasteiger partial charge < -0.3 is 10.2 Å². The predicted octanol–water partition coefficient (Wildman–Crippen LogP) is 4.09. The predicted molar refractivity (Wildman–Crippen MR) is 84.4 cm³/mol. The van der Waals surface area contributed by atoms with E-state index in [1.165, 1.54) is 18.9 Å². The first-order chi connectivity index (χ1) is 10.2. The van der Waals surface area contributed by atoms with Crippen LogP contribution in [0.5, 0.6) is 0 Å². The first-order valence-electron chi connectivity index (χ1n) is 7.12. The average molecular weight is 306 g/mol. The summed E-state index contributed by atoms with van der Waals surface area (Å²) < 4.78 is 13.2. The Balaban J connectivity index is 1.74. The van der Waals surface area contributed by atoms with Gasteiger partial charge in [0.1, 0.15) is 5.82 Å². The van der Waals surface area contributed by atoms with E-state index in [1.807, 2.05) is 18.3 Å². The molecule has 3 nitrogen and oxygen atoms in total. The third-order valence-corrected chi connectivity index (χ3v) is 3.95. The van der Waals surface area contributed by atoms with Gasteiger partial charge in [0.05, 0.1) is 10.7 Å². The van der Waals surface area contributed by atoms with Crippen molar-refractivity contribution in [1.82, 2.24) is 4.98 Å². The molecule has 1 aliphatic heterocycles. The van der Waals surface area contributed by atoms with Gasteiger partial charge in [0.15, 0.2) is 5.82 Å². The molecule has 1 aromatic carbocycles. The summed E-state index contributed by atoms with van der Waals surface area (Å²) in [6, 6.07) is 8.71. The maximum Gasteiger partial charge on any atom is 0.151 e. The van der Waals surface area contributed by atoms with E-state index in [1.54, 1.807) is 12.1 Å². The second-order valence-electron chi connectivity index (χ2n) is 5.17. The van der Waals surface area contributed by atoms with E-state index in [0.717, 1.165) is 30.2 Å². The molecule has 0 unspecified atom stereocenters. The molecule has 1 aliphatic rings. The molecule has 2 heterocycles. The molecule has 0 atom stereocenters. The van der Waals surface area contributed by atoms with Gasteiger partial charge in [-0.2, -0.15) is 0 Å². The Morgan fingerprint density at radius 2 is 2.05 bits per heavy atom. The van der Waals surface area contributed by atoms with Gasteiger partial charge in [-0.3, -0.25) is 0 Å². The van der Waals surface area contributed by atoms with Gasteiger partial charge in [-0.25, -0.2) is 9.37 Å². The van der Waals surface area contributed by atoms with Crippen molar-refractivity contribution < 1.29 is 4.39 Å². The zero-order valence-electron chi connectivity index (χ0n) is 11.6. The lowest BCUT2D eigenvalue weighted by Gasteiger charge is -2.20. The van der Waals surface area contributed by atoms with E-state index >= 15 is 0 Å². The Morgan fingerprint density at radius 3 is 2.81 bits per heavy atom. The fraction of sp³-hybridized carbons (Fsp3) is 0.312. The first kappa shape index (κ1) is 14.1. The molecule has 1 fully saturated rings. The zero-order chi connectivity index (χ0) is 14.7. The summed E-state index contributed by atoms with van der Waals surface area (Å²) in [7, 11) is 0. The number of halogens is 2. The van der Waals surface area contributed by atoms with Crippen molar-refractivity contribution in [3.63, 3.8) is 0 Å². The third-order valence-electron chi connectivity index (χ3n) is 3.66. The van der Waals surface area contributed by atoms with E-state index in [9.17, 15) is 4.39 Å². The third kappa shape index (κ3) is 3.27. The average Bonchev–Trinajstić information content (AvgIpc) is 3.03. The number of aromatic nitrogens is 1. The number of nitrogens with zero attached hydrogens (tertiary/aromatic N) is 2. The maximum absolute atomic E-state index is 13.2. The van der Waals surface area contributed by atoms with Crippen molar-refractivity contribution in [1.29, 1.82) is 0 Å². The van der Waals surface area contributed by atoms with Gasteiger partial charge in [0, 0.05) is 25.8 Å². The van der Waals surface area contributed by atoms with E-state index in [4.69, 9.17) is 11.6 Å². The van der Waals surface area contributed by atoms with Gasteiger partial charge >= 0.3 is 0 Å². The molecule has 3 rings (SSSR count). The zero-order valence-corrected chi connectivity index (χ0v) is 12.4. The highest BCUT2D eigenvalue weighted by atomic mass is 35.5. The minimum absolute atomic E-state index is 0.153. The van der Waals surface area contributed by atoms with E-state index in [-0.39, 0.29) is 10.8 Å². The van der Waals surface area contributed by atoms with Crippen LogP contribution in [0.25, 0.3) is 0 Å². The molecule has 1 saturated heterocycles. The number of anilines is 2. The van der Waals surface area contributed by atoms with Crippen molar-refractivity contribution >= 4 is 23.1 Å². The number of hydrogen-bond acceptors (Lipinski definition) is 3.